The Hall–Kier alpha value is -1.71. The van der Waals surface area contributed by atoms with Gasteiger partial charge >= 0.3 is 0 Å². The van der Waals surface area contributed by atoms with Crippen LogP contribution in [0.3, 0.4) is 0 Å². The van der Waals surface area contributed by atoms with Gasteiger partial charge in [0.25, 0.3) is 0 Å². The molecule has 0 saturated heterocycles. The Morgan fingerprint density at radius 3 is 2.73 bits per heavy atom. The van der Waals surface area contributed by atoms with Crippen LogP contribution in [0.5, 0.6) is 0 Å². The number of benzene rings is 1. The Balaban J connectivity index is 2.14. The van der Waals surface area contributed by atoms with Crippen molar-refractivity contribution in [3.63, 3.8) is 0 Å². The fraction of sp³-hybridized carbons (Fsp3) is 0.364. The lowest BCUT2D eigenvalue weighted by atomic mass is 10.2. The van der Waals surface area contributed by atoms with E-state index in [9.17, 15) is 0 Å². The lowest BCUT2D eigenvalue weighted by molar-refractivity contribution is 0.613. The van der Waals surface area contributed by atoms with E-state index in [0.29, 0.717) is 0 Å². The highest BCUT2D eigenvalue weighted by Gasteiger charge is 2.04. The van der Waals surface area contributed by atoms with Crippen LogP contribution in [0.4, 0.5) is 0 Å². The minimum absolute atomic E-state index is 0.753. The van der Waals surface area contributed by atoms with Crippen molar-refractivity contribution in [3.05, 3.63) is 41.7 Å². The van der Waals surface area contributed by atoms with Crippen molar-refractivity contribution in [2.24, 2.45) is 0 Å². The third kappa shape index (κ3) is 2.40. The van der Waals surface area contributed by atoms with Crippen molar-refractivity contribution in [2.75, 3.05) is 0 Å². The molecule has 0 aliphatic carbocycles. The normalized spacial score (nSPS) is 10.5. The average molecular weight is 202 g/mol. The molecular weight excluding hydrogens is 188 g/mol. The molecule has 0 amide bonds. The zero-order valence-corrected chi connectivity index (χ0v) is 8.80. The van der Waals surface area contributed by atoms with Gasteiger partial charge in [-0.1, -0.05) is 37.3 Å². The van der Waals surface area contributed by atoms with Gasteiger partial charge in [-0.3, -0.25) is 0 Å². The van der Waals surface area contributed by atoms with Crippen molar-refractivity contribution < 1.29 is 0 Å². The van der Waals surface area contributed by atoms with Gasteiger partial charge in [0, 0.05) is 6.42 Å². The van der Waals surface area contributed by atoms with Crippen molar-refractivity contribution >= 4 is 0 Å². The second-order valence-electron chi connectivity index (χ2n) is 3.49. The van der Waals surface area contributed by atoms with Gasteiger partial charge in [0.2, 0.25) is 0 Å². The minimum atomic E-state index is 0.753. The molecule has 0 unspecified atom stereocenters. The van der Waals surface area contributed by atoms with E-state index in [-0.39, 0.29) is 0 Å². The topological polar surface area (TPSA) is 43.6 Å². The number of hydrogen-bond acceptors (Lipinski definition) is 3. The van der Waals surface area contributed by atoms with Crippen LogP contribution < -0.4 is 0 Å². The molecule has 0 aliphatic rings. The Morgan fingerprint density at radius 1 is 1.20 bits per heavy atom. The van der Waals surface area contributed by atoms with Gasteiger partial charge in [0.15, 0.2) is 5.82 Å². The maximum absolute atomic E-state index is 4.00. The molecule has 1 heterocycles. The van der Waals surface area contributed by atoms with Crippen LogP contribution in [-0.2, 0) is 13.0 Å². The molecular formula is C11H14N4. The van der Waals surface area contributed by atoms with E-state index in [2.05, 4.69) is 34.6 Å². The molecule has 4 nitrogen and oxygen atoms in total. The summed E-state index contributed by atoms with van der Waals surface area (Å²) in [6, 6.07) is 10.2. The third-order valence-corrected chi connectivity index (χ3v) is 2.25. The summed E-state index contributed by atoms with van der Waals surface area (Å²) in [5, 5.41) is 11.7. The Morgan fingerprint density at radius 2 is 2.00 bits per heavy atom. The summed E-state index contributed by atoms with van der Waals surface area (Å²) >= 11 is 0. The largest absolute Gasteiger partial charge is 0.225 e. The highest BCUT2D eigenvalue weighted by molar-refractivity contribution is 5.14. The molecule has 0 N–H and O–H groups in total. The van der Waals surface area contributed by atoms with E-state index < -0.39 is 0 Å². The van der Waals surface area contributed by atoms with E-state index in [1.807, 2.05) is 22.9 Å². The van der Waals surface area contributed by atoms with Crippen molar-refractivity contribution in [1.82, 2.24) is 20.2 Å². The average Bonchev–Trinajstić information content (AvgIpc) is 2.68. The highest BCUT2D eigenvalue weighted by Crippen LogP contribution is 2.03. The lowest BCUT2D eigenvalue weighted by Gasteiger charge is -2.03. The fourth-order valence-electron chi connectivity index (χ4n) is 1.51. The summed E-state index contributed by atoms with van der Waals surface area (Å²) in [4.78, 5) is 0. The van der Waals surface area contributed by atoms with Crippen molar-refractivity contribution in [2.45, 2.75) is 26.3 Å². The second-order valence-corrected chi connectivity index (χ2v) is 3.49. The predicted octanol–water partition coefficient (Wildman–Crippen LogP) is 1.67. The van der Waals surface area contributed by atoms with E-state index in [4.69, 9.17) is 0 Å². The molecule has 0 spiro atoms. The van der Waals surface area contributed by atoms with Gasteiger partial charge < -0.3 is 0 Å². The van der Waals surface area contributed by atoms with Crippen LogP contribution in [0.2, 0.25) is 0 Å². The molecule has 0 bridgehead atoms. The van der Waals surface area contributed by atoms with Gasteiger partial charge in [-0.2, -0.15) is 0 Å². The summed E-state index contributed by atoms with van der Waals surface area (Å²) in [5.74, 6) is 0.960. The van der Waals surface area contributed by atoms with E-state index in [1.54, 1.807) is 0 Å². The molecule has 0 fully saturated rings. The second kappa shape index (κ2) is 4.68. The minimum Gasteiger partial charge on any atom is -0.225 e. The van der Waals surface area contributed by atoms with Gasteiger partial charge in [0.1, 0.15) is 0 Å². The molecule has 78 valence electrons. The molecule has 0 aliphatic heterocycles. The molecule has 15 heavy (non-hydrogen) atoms. The van der Waals surface area contributed by atoms with Crippen molar-refractivity contribution in [3.8, 4) is 0 Å². The molecule has 0 atom stereocenters. The van der Waals surface area contributed by atoms with Crippen LogP contribution in [0.1, 0.15) is 24.7 Å². The van der Waals surface area contributed by atoms with E-state index in [1.165, 1.54) is 5.56 Å². The molecule has 2 rings (SSSR count). The van der Waals surface area contributed by atoms with Crippen LogP contribution in [-0.4, -0.2) is 20.2 Å². The number of aryl methyl sites for hydroxylation is 1. The maximum Gasteiger partial charge on any atom is 0.151 e. The first-order chi connectivity index (χ1) is 7.40. The quantitative estimate of drug-likeness (QED) is 0.757. The maximum atomic E-state index is 4.00. The molecule has 1 aromatic carbocycles. The zero-order valence-electron chi connectivity index (χ0n) is 8.80. The SMILES string of the molecule is CCCc1nnnn1Cc1ccccc1. The monoisotopic (exact) mass is 202 g/mol. The standard InChI is InChI=1S/C11H14N4/c1-2-6-11-12-13-14-15(11)9-10-7-4-3-5-8-10/h3-5,7-8H,2,6,9H2,1H3. The highest BCUT2D eigenvalue weighted by atomic mass is 15.5. The summed E-state index contributed by atoms with van der Waals surface area (Å²) in [7, 11) is 0. The molecule has 4 heteroatoms. The first-order valence-corrected chi connectivity index (χ1v) is 5.19. The third-order valence-electron chi connectivity index (χ3n) is 2.25. The van der Waals surface area contributed by atoms with Gasteiger partial charge in [-0.05, 0) is 22.4 Å². The smallest absolute Gasteiger partial charge is 0.151 e. The molecule has 0 saturated carbocycles. The van der Waals surface area contributed by atoms with Crippen LogP contribution in [0, 0.1) is 0 Å². The molecule has 2 aromatic rings. The summed E-state index contributed by atoms with van der Waals surface area (Å²) in [5.41, 5.74) is 1.22. The van der Waals surface area contributed by atoms with Gasteiger partial charge in [-0.15, -0.1) is 5.10 Å². The zero-order chi connectivity index (χ0) is 10.5. The molecule has 1 aromatic heterocycles. The Bertz CT molecular complexity index is 408. The van der Waals surface area contributed by atoms with Crippen LogP contribution >= 0.6 is 0 Å². The van der Waals surface area contributed by atoms with Gasteiger partial charge in [-0.25, -0.2) is 4.68 Å². The number of aromatic nitrogens is 4. The first kappa shape index (κ1) is 9.83. The number of tetrazole rings is 1. The fourth-order valence-corrected chi connectivity index (χ4v) is 1.51. The number of nitrogens with zero attached hydrogens (tertiary/aromatic N) is 4. The van der Waals surface area contributed by atoms with Crippen LogP contribution in [0.25, 0.3) is 0 Å². The van der Waals surface area contributed by atoms with Crippen molar-refractivity contribution in [1.29, 1.82) is 0 Å². The lowest BCUT2D eigenvalue weighted by Crippen LogP contribution is -2.06. The molecule has 0 radical (unpaired) electrons. The number of hydrogen-bond donors (Lipinski definition) is 0. The predicted molar refractivity (Wildman–Crippen MR) is 57.4 cm³/mol. The van der Waals surface area contributed by atoms with Gasteiger partial charge in [0.05, 0.1) is 6.54 Å². The Labute approximate surface area is 88.9 Å². The first-order valence-electron chi connectivity index (χ1n) is 5.19. The summed E-state index contributed by atoms with van der Waals surface area (Å²) in [6.07, 6.45) is 2.00. The van der Waals surface area contributed by atoms with Crippen LogP contribution in [0.15, 0.2) is 30.3 Å². The summed E-state index contributed by atoms with van der Waals surface area (Å²) in [6.45, 7) is 2.88. The van der Waals surface area contributed by atoms with E-state index >= 15 is 0 Å². The van der Waals surface area contributed by atoms with E-state index in [0.717, 1.165) is 25.2 Å². The number of rotatable bonds is 4. The Kier molecular flexibility index (Phi) is 3.07. The summed E-state index contributed by atoms with van der Waals surface area (Å²) < 4.78 is 1.86.